The van der Waals surface area contributed by atoms with Gasteiger partial charge in [-0.25, -0.2) is 0 Å². The predicted molar refractivity (Wildman–Crippen MR) is 137 cm³/mol. The third kappa shape index (κ3) is 3.10. The van der Waals surface area contributed by atoms with E-state index in [0.29, 0.717) is 0 Å². The van der Waals surface area contributed by atoms with Gasteiger partial charge in [0.1, 0.15) is 0 Å². The monoisotopic (exact) mass is 429 g/mol. The Hall–Kier alpha value is -3.81. The van der Waals surface area contributed by atoms with Crippen LogP contribution in [0.2, 0.25) is 5.02 Å². The third-order valence-corrected chi connectivity index (χ3v) is 6.26. The summed E-state index contributed by atoms with van der Waals surface area (Å²) in [6.45, 7) is 0. The van der Waals surface area contributed by atoms with E-state index < -0.39 is 0 Å². The second-order valence-corrected chi connectivity index (χ2v) is 8.42. The number of benzene rings is 5. The van der Waals surface area contributed by atoms with E-state index >= 15 is 0 Å². The molecule has 0 spiro atoms. The van der Waals surface area contributed by atoms with E-state index in [1.807, 2.05) is 18.2 Å². The molecule has 1 aromatic heterocycles. The minimum Gasteiger partial charge on any atom is -0.309 e. The molecule has 0 N–H and O–H groups in total. The van der Waals surface area contributed by atoms with Gasteiger partial charge in [0.25, 0.3) is 0 Å². The van der Waals surface area contributed by atoms with Gasteiger partial charge in [0.2, 0.25) is 0 Å². The van der Waals surface area contributed by atoms with Crippen molar-refractivity contribution < 1.29 is 0 Å². The summed E-state index contributed by atoms with van der Waals surface area (Å²) >= 11 is 6.36. The maximum atomic E-state index is 6.36. The number of nitrogens with zero attached hydrogens (tertiary/aromatic N) is 1. The van der Waals surface area contributed by atoms with Crippen molar-refractivity contribution in [2.45, 2.75) is 0 Å². The van der Waals surface area contributed by atoms with E-state index in [1.165, 1.54) is 32.9 Å². The van der Waals surface area contributed by atoms with E-state index in [4.69, 9.17) is 11.6 Å². The van der Waals surface area contributed by atoms with Gasteiger partial charge in [0, 0.05) is 21.5 Å². The number of fused-ring (bicyclic) bond motifs is 3. The maximum Gasteiger partial charge on any atom is 0.0553 e. The summed E-state index contributed by atoms with van der Waals surface area (Å²) in [7, 11) is 0. The summed E-state index contributed by atoms with van der Waals surface area (Å²) < 4.78 is 2.37. The van der Waals surface area contributed by atoms with Gasteiger partial charge in [-0.15, -0.1) is 0 Å². The quantitative estimate of drug-likeness (QED) is 0.265. The Labute approximate surface area is 192 Å². The molecule has 152 valence electrons. The zero-order valence-corrected chi connectivity index (χ0v) is 18.1. The molecule has 1 nitrogen and oxygen atoms in total. The molecule has 0 aliphatic carbocycles. The molecule has 0 amide bonds. The van der Waals surface area contributed by atoms with Crippen LogP contribution in [-0.4, -0.2) is 4.57 Å². The standard InChI is InChI=1S/C30H20ClN/c31-24-13-9-12-22(18-24)23-19-27(21-10-3-1-4-11-21)30-26-16-7-8-17-28(26)32(29(30)20-23)25-14-5-2-6-15-25/h1-20H. The number of para-hydroxylation sites is 2. The van der Waals surface area contributed by atoms with Gasteiger partial charge in [-0.2, -0.15) is 0 Å². The first-order valence-corrected chi connectivity index (χ1v) is 11.1. The zero-order valence-electron chi connectivity index (χ0n) is 17.4. The second-order valence-electron chi connectivity index (χ2n) is 7.98. The minimum atomic E-state index is 0.743. The van der Waals surface area contributed by atoms with Crippen LogP contribution in [-0.2, 0) is 0 Å². The molecule has 0 unspecified atom stereocenters. The molecule has 0 aliphatic rings. The third-order valence-electron chi connectivity index (χ3n) is 6.03. The number of aromatic nitrogens is 1. The van der Waals surface area contributed by atoms with Crippen LogP contribution in [0.15, 0.2) is 121 Å². The molecule has 6 rings (SSSR count). The lowest BCUT2D eigenvalue weighted by atomic mass is 9.94. The van der Waals surface area contributed by atoms with E-state index in [9.17, 15) is 0 Å². The summed E-state index contributed by atoms with van der Waals surface area (Å²) in [5, 5.41) is 3.26. The average Bonchev–Trinajstić information content (AvgIpc) is 3.19. The molecule has 5 aromatic carbocycles. The van der Waals surface area contributed by atoms with E-state index in [1.54, 1.807) is 0 Å². The lowest BCUT2D eigenvalue weighted by Gasteiger charge is -2.12. The first-order chi connectivity index (χ1) is 15.8. The summed E-state index contributed by atoms with van der Waals surface area (Å²) in [6.07, 6.45) is 0. The molecule has 1 heterocycles. The minimum absolute atomic E-state index is 0.743. The van der Waals surface area contributed by atoms with Gasteiger partial charge >= 0.3 is 0 Å². The molecule has 32 heavy (non-hydrogen) atoms. The summed E-state index contributed by atoms with van der Waals surface area (Å²) in [6, 6.07) is 42.6. The Morgan fingerprint density at radius 3 is 1.97 bits per heavy atom. The van der Waals surface area contributed by atoms with Crippen LogP contribution in [0, 0.1) is 0 Å². The Kier molecular flexibility index (Phi) is 4.56. The highest BCUT2D eigenvalue weighted by atomic mass is 35.5. The summed E-state index contributed by atoms with van der Waals surface area (Å²) in [5.74, 6) is 0. The normalized spacial score (nSPS) is 11.3. The van der Waals surface area contributed by atoms with Gasteiger partial charge in [0.05, 0.1) is 11.0 Å². The smallest absolute Gasteiger partial charge is 0.0553 e. The largest absolute Gasteiger partial charge is 0.309 e. The molecule has 0 aliphatic heterocycles. The van der Waals surface area contributed by atoms with Crippen LogP contribution in [0.3, 0.4) is 0 Å². The molecule has 0 saturated carbocycles. The van der Waals surface area contributed by atoms with E-state index in [0.717, 1.165) is 21.8 Å². The fraction of sp³-hybridized carbons (Fsp3) is 0. The van der Waals surface area contributed by atoms with Gasteiger partial charge in [-0.1, -0.05) is 90.5 Å². The van der Waals surface area contributed by atoms with Crippen molar-refractivity contribution >= 4 is 33.4 Å². The fourth-order valence-electron chi connectivity index (χ4n) is 4.63. The SMILES string of the molecule is Clc1cccc(-c2cc(-c3ccccc3)c3c4ccccc4n(-c4ccccc4)c3c2)c1. The van der Waals surface area contributed by atoms with Crippen LogP contribution < -0.4 is 0 Å². The van der Waals surface area contributed by atoms with Crippen LogP contribution in [0.4, 0.5) is 0 Å². The Morgan fingerprint density at radius 1 is 0.500 bits per heavy atom. The van der Waals surface area contributed by atoms with Gasteiger partial charge in [-0.05, 0) is 64.7 Å². The molecule has 0 fully saturated rings. The van der Waals surface area contributed by atoms with E-state index in [2.05, 4.69) is 108 Å². The van der Waals surface area contributed by atoms with Crippen molar-refractivity contribution in [2.24, 2.45) is 0 Å². The summed E-state index contributed by atoms with van der Waals surface area (Å²) in [5.41, 5.74) is 8.24. The van der Waals surface area contributed by atoms with Crippen molar-refractivity contribution in [1.82, 2.24) is 4.57 Å². The Bertz CT molecular complexity index is 1560. The highest BCUT2D eigenvalue weighted by Crippen LogP contribution is 2.41. The Morgan fingerprint density at radius 2 is 1.19 bits per heavy atom. The van der Waals surface area contributed by atoms with E-state index in [-0.39, 0.29) is 0 Å². The van der Waals surface area contributed by atoms with Crippen LogP contribution in [0.5, 0.6) is 0 Å². The van der Waals surface area contributed by atoms with Gasteiger partial charge in [0.15, 0.2) is 0 Å². The maximum absolute atomic E-state index is 6.36. The topological polar surface area (TPSA) is 4.93 Å². The van der Waals surface area contributed by atoms with Crippen molar-refractivity contribution in [2.75, 3.05) is 0 Å². The first-order valence-electron chi connectivity index (χ1n) is 10.7. The van der Waals surface area contributed by atoms with Crippen molar-refractivity contribution in [3.8, 4) is 27.9 Å². The average molecular weight is 430 g/mol. The lowest BCUT2D eigenvalue weighted by molar-refractivity contribution is 1.18. The number of halogens is 1. The van der Waals surface area contributed by atoms with Gasteiger partial charge in [-0.3, -0.25) is 0 Å². The predicted octanol–water partition coefficient (Wildman–Crippen LogP) is 8.77. The molecule has 0 saturated heterocycles. The second kappa shape index (κ2) is 7.71. The molecular weight excluding hydrogens is 410 g/mol. The molecule has 6 aromatic rings. The van der Waals surface area contributed by atoms with Crippen LogP contribution >= 0.6 is 11.6 Å². The molecule has 0 bridgehead atoms. The van der Waals surface area contributed by atoms with Crippen molar-refractivity contribution in [3.05, 3.63) is 126 Å². The fourth-order valence-corrected chi connectivity index (χ4v) is 4.82. The lowest BCUT2D eigenvalue weighted by Crippen LogP contribution is -1.94. The highest BCUT2D eigenvalue weighted by molar-refractivity contribution is 6.30. The van der Waals surface area contributed by atoms with Gasteiger partial charge < -0.3 is 4.57 Å². The number of hydrogen-bond acceptors (Lipinski definition) is 0. The van der Waals surface area contributed by atoms with Crippen LogP contribution in [0.25, 0.3) is 49.7 Å². The number of hydrogen-bond donors (Lipinski definition) is 0. The number of rotatable bonds is 3. The van der Waals surface area contributed by atoms with Crippen molar-refractivity contribution in [1.29, 1.82) is 0 Å². The highest BCUT2D eigenvalue weighted by Gasteiger charge is 2.17. The molecule has 0 atom stereocenters. The summed E-state index contributed by atoms with van der Waals surface area (Å²) in [4.78, 5) is 0. The van der Waals surface area contributed by atoms with Crippen molar-refractivity contribution in [3.63, 3.8) is 0 Å². The zero-order chi connectivity index (χ0) is 21.5. The molecule has 2 heteroatoms. The Balaban J connectivity index is 1.80. The van der Waals surface area contributed by atoms with Crippen LogP contribution in [0.1, 0.15) is 0 Å². The first kappa shape index (κ1) is 18.9. The molecule has 0 radical (unpaired) electrons. The molecular formula is C30H20ClN.